The van der Waals surface area contributed by atoms with E-state index >= 15 is 0 Å². The smallest absolute Gasteiger partial charge is 0.130 e. The quantitative estimate of drug-likeness (QED) is 0.838. The number of halogens is 2. The van der Waals surface area contributed by atoms with Gasteiger partial charge >= 0.3 is 0 Å². The van der Waals surface area contributed by atoms with Crippen molar-refractivity contribution in [3.8, 4) is 0 Å². The zero-order valence-electron chi connectivity index (χ0n) is 7.84. The molecule has 0 saturated carbocycles. The van der Waals surface area contributed by atoms with Gasteiger partial charge in [0.25, 0.3) is 0 Å². The molecule has 1 aromatic rings. The molecule has 0 radical (unpaired) electrons. The first kappa shape index (κ1) is 11.5. The lowest BCUT2D eigenvalue weighted by Gasteiger charge is -2.08. The van der Waals surface area contributed by atoms with E-state index in [4.69, 9.17) is 5.11 Å². The minimum absolute atomic E-state index is 0.00555. The first-order valence-corrected chi connectivity index (χ1v) is 5.35. The van der Waals surface area contributed by atoms with Gasteiger partial charge < -0.3 is 5.11 Å². The second-order valence-electron chi connectivity index (χ2n) is 3.00. The molecule has 0 amide bonds. The fraction of sp³-hybridized carbons (Fsp3) is 0.400. The van der Waals surface area contributed by atoms with Crippen LogP contribution >= 0.6 is 11.8 Å². The maximum Gasteiger partial charge on any atom is 0.130 e. The second-order valence-corrected chi connectivity index (χ2v) is 4.43. The standard InChI is InChI=1S/C10H12F2OS/c1-7(5-13)14-6-8-9(11)3-2-4-10(8)12/h2-4,7,13H,5-6H2,1H3. The van der Waals surface area contributed by atoms with Crippen molar-refractivity contribution in [1.29, 1.82) is 0 Å². The molecular formula is C10H12F2OS. The summed E-state index contributed by atoms with van der Waals surface area (Å²) < 4.78 is 26.2. The van der Waals surface area contributed by atoms with Crippen LogP contribution in [0.5, 0.6) is 0 Å². The van der Waals surface area contributed by atoms with Crippen LogP contribution in [0.3, 0.4) is 0 Å². The molecule has 0 aliphatic rings. The summed E-state index contributed by atoms with van der Waals surface area (Å²) in [5.74, 6) is -0.800. The lowest BCUT2D eigenvalue weighted by atomic mass is 10.2. The van der Waals surface area contributed by atoms with Crippen LogP contribution in [0.25, 0.3) is 0 Å². The number of hydrogen-bond donors (Lipinski definition) is 1. The van der Waals surface area contributed by atoms with Crippen molar-refractivity contribution < 1.29 is 13.9 Å². The predicted octanol–water partition coefficient (Wildman–Crippen LogP) is 2.58. The molecule has 0 aliphatic heterocycles. The molecule has 4 heteroatoms. The van der Waals surface area contributed by atoms with Crippen molar-refractivity contribution in [2.45, 2.75) is 17.9 Å². The Hall–Kier alpha value is -0.610. The Morgan fingerprint density at radius 1 is 1.36 bits per heavy atom. The Labute approximate surface area is 86.1 Å². The van der Waals surface area contributed by atoms with Crippen LogP contribution < -0.4 is 0 Å². The van der Waals surface area contributed by atoms with Gasteiger partial charge in [0, 0.05) is 16.6 Å². The van der Waals surface area contributed by atoms with Crippen molar-refractivity contribution in [2.75, 3.05) is 6.61 Å². The normalized spacial score (nSPS) is 12.9. The highest BCUT2D eigenvalue weighted by molar-refractivity contribution is 7.99. The molecule has 1 aromatic carbocycles. The Morgan fingerprint density at radius 3 is 2.43 bits per heavy atom. The van der Waals surface area contributed by atoms with E-state index in [0.717, 1.165) is 0 Å². The molecular weight excluding hydrogens is 206 g/mol. The molecule has 1 unspecified atom stereocenters. The highest BCUT2D eigenvalue weighted by atomic mass is 32.2. The fourth-order valence-electron chi connectivity index (χ4n) is 0.949. The molecule has 1 nitrogen and oxygen atoms in total. The Kier molecular flexibility index (Phi) is 4.35. The van der Waals surface area contributed by atoms with Crippen LogP contribution in [0.15, 0.2) is 18.2 Å². The second kappa shape index (κ2) is 5.32. The molecule has 0 bridgehead atoms. The molecule has 1 N–H and O–H groups in total. The number of aliphatic hydroxyl groups excluding tert-OH is 1. The van der Waals surface area contributed by atoms with Crippen LogP contribution in [-0.2, 0) is 5.75 Å². The highest BCUT2D eigenvalue weighted by Gasteiger charge is 2.09. The van der Waals surface area contributed by atoms with Crippen molar-refractivity contribution in [3.63, 3.8) is 0 Å². The van der Waals surface area contributed by atoms with Crippen molar-refractivity contribution in [2.24, 2.45) is 0 Å². The number of thioether (sulfide) groups is 1. The van der Waals surface area contributed by atoms with Gasteiger partial charge in [-0.2, -0.15) is 11.8 Å². The van der Waals surface area contributed by atoms with Crippen molar-refractivity contribution >= 4 is 11.8 Å². The summed E-state index contributed by atoms with van der Waals surface area (Å²) in [4.78, 5) is 0. The van der Waals surface area contributed by atoms with Crippen molar-refractivity contribution in [3.05, 3.63) is 35.4 Å². The van der Waals surface area contributed by atoms with Crippen LogP contribution in [0.2, 0.25) is 0 Å². The van der Waals surface area contributed by atoms with Gasteiger partial charge in [-0.05, 0) is 12.1 Å². The number of benzene rings is 1. The van der Waals surface area contributed by atoms with Gasteiger partial charge in [-0.25, -0.2) is 8.78 Å². The first-order valence-electron chi connectivity index (χ1n) is 4.30. The summed E-state index contributed by atoms with van der Waals surface area (Å²) in [6.07, 6.45) is 0. The molecule has 14 heavy (non-hydrogen) atoms. The first-order chi connectivity index (χ1) is 6.65. The Bertz CT molecular complexity index is 284. The predicted molar refractivity (Wildman–Crippen MR) is 54.2 cm³/mol. The van der Waals surface area contributed by atoms with E-state index in [2.05, 4.69) is 0 Å². The van der Waals surface area contributed by atoms with Crippen molar-refractivity contribution in [1.82, 2.24) is 0 Å². The van der Waals surface area contributed by atoms with E-state index < -0.39 is 11.6 Å². The SMILES string of the molecule is CC(CO)SCc1c(F)cccc1F. The maximum absolute atomic E-state index is 13.1. The monoisotopic (exact) mass is 218 g/mol. The Balaban J connectivity index is 2.66. The lowest BCUT2D eigenvalue weighted by molar-refractivity contribution is 0.300. The highest BCUT2D eigenvalue weighted by Crippen LogP contribution is 2.21. The molecule has 0 spiro atoms. The minimum Gasteiger partial charge on any atom is -0.395 e. The summed E-state index contributed by atoms with van der Waals surface area (Å²) in [5, 5.41) is 8.74. The number of rotatable bonds is 4. The van der Waals surface area contributed by atoms with E-state index in [0.29, 0.717) is 0 Å². The molecule has 78 valence electrons. The van der Waals surface area contributed by atoms with E-state index in [1.807, 2.05) is 6.92 Å². The van der Waals surface area contributed by atoms with E-state index in [-0.39, 0.29) is 23.2 Å². The molecule has 0 saturated heterocycles. The molecule has 1 rings (SSSR count). The van der Waals surface area contributed by atoms with Crippen LogP contribution in [-0.4, -0.2) is 17.0 Å². The molecule has 0 aromatic heterocycles. The number of aliphatic hydroxyl groups is 1. The average Bonchev–Trinajstić information content (AvgIpc) is 2.16. The Morgan fingerprint density at radius 2 is 1.93 bits per heavy atom. The third-order valence-electron chi connectivity index (χ3n) is 1.83. The molecule has 1 atom stereocenters. The third-order valence-corrected chi connectivity index (χ3v) is 3.00. The number of hydrogen-bond acceptors (Lipinski definition) is 2. The van der Waals surface area contributed by atoms with Gasteiger partial charge in [-0.1, -0.05) is 13.0 Å². The summed E-state index contributed by atoms with van der Waals surface area (Å²) in [7, 11) is 0. The van der Waals surface area contributed by atoms with E-state index in [1.54, 1.807) is 0 Å². The van der Waals surface area contributed by atoms with Gasteiger partial charge in [0.05, 0.1) is 6.61 Å². The zero-order valence-corrected chi connectivity index (χ0v) is 8.65. The van der Waals surface area contributed by atoms with Gasteiger partial charge in [-0.3, -0.25) is 0 Å². The third kappa shape index (κ3) is 2.96. The van der Waals surface area contributed by atoms with Gasteiger partial charge in [0.15, 0.2) is 0 Å². The van der Waals surface area contributed by atoms with Gasteiger partial charge in [0.1, 0.15) is 11.6 Å². The molecule has 0 aliphatic carbocycles. The molecule has 0 heterocycles. The van der Waals surface area contributed by atoms with Crippen LogP contribution in [0, 0.1) is 11.6 Å². The summed E-state index contributed by atoms with van der Waals surface area (Å²) in [6.45, 7) is 1.82. The van der Waals surface area contributed by atoms with Gasteiger partial charge in [-0.15, -0.1) is 0 Å². The summed E-state index contributed by atoms with van der Waals surface area (Å²) in [6, 6.07) is 3.82. The van der Waals surface area contributed by atoms with E-state index in [1.165, 1.54) is 30.0 Å². The largest absolute Gasteiger partial charge is 0.395 e. The van der Waals surface area contributed by atoms with Gasteiger partial charge in [0.2, 0.25) is 0 Å². The topological polar surface area (TPSA) is 20.2 Å². The lowest BCUT2D eigenvalue weighted by Crippen LogP contribution is -2.03. The fourth-order valence-corrected chi connectivity index (χ4v) is 1.78. The molecule has 0 fully saturated rings. The van der Waals surface area contributed by atoms with Crippen LogP contribution in [0.1, 0.15) is 12.5 Å². The zero-order chi connectivity index (χ0) is 10.6. The summed E-state index contributed by atoms with van der Waals surface area (Å²) in [5.41, 5.74) is 0.0813. The van der Waals surface area contributed by atoms with Crippen LogP contribution in [0.4, 0.5) is 8.78 Å². The minimum atomic E-state index is -0.525. The summed E-state index contributed by atoms with van der Waals surface area (Å²) >= 11 is 1.33. The average molecular weight is 218 g/mol. The van der Waals surface area contributed by atoms with E-state index in [9.17, 15) is 8.78 Å². The maximum atomic E-state index is 13.1.